The van der Waals surface area contributed by atoms with Gasteiger partial charge in [-0.1, -0.05) is 20.8 Å². The number of rotatable bonds is 5. The van der Waals surface area contributed by atoms with Crippen LogP contribution in [0.2, 0.25) is 0 Å². The highest BCUT2D eigenvalue weighted by Crippen LogP contribution is 2.16. The average molecular weight is 186 g/mol. The molecule has 0 heterocycles. The fourth-order valence-electron chi connectivity index (χ4n) is 0.999. The van der Waals surface area contributed by atoms with Gasteiger partial charge in [0.1, 0.15) is 0 Å². The number of nitrogens with two attached hydrogens (primary N) is 1. The van der Waals surface area contributed by atoms with Gasteiger partial charge in [0.05, 0.1) is 0 Å². The van der Waals surface area contributed by atoms with Gasteiger partial charge in [0.15, 0.2) is 0 Å². The molecule has 0 aliphatic carbocycles. The van der Waals surface area contributed by atoms with Crippen LogP contribution in [0.4, 0.5) is 0 Å². The van der Waals surface area contributed by atoms with Crippen LogP contribution in [-0.2, 0) is 0 Å². The molecule has 0 unspecified atom stereocenters. The van der Waals surface area contributed by atoms with E-state index in [0.717, 1.165) is 19.5 Å². The van der Waals surface area contributed by atoms with Crippen molar-refractivity contribution in [1.29, 1.82) is 0 Å². The molecule has 0 aromatic carbocycles. The molecule has 0 aromatic heterocycles. The van der Waals surface area contributed by atoms with Gasteiger partial charge in [0, 0.05) is 5.54 Å². The number of nitrogens with one attached hydrogen (secondary N) is 1. The van der Waals surface area contributed by atoms with Crippen molar-refractivity contribution >= 4 is 0 Å². The number of hydrogen-bond acceptors (Lipinski definition) is 2. The maximum atomic E-state index is 5.86. The van der Waals surface area contributed by atoms with Crippen molar-refractivity contribution in [2.45, 2.75) is 53.0 Å². The molecule has 0 aromatic rings. The quantitative estimate of drug-likeness (QED) is 0.646. The Labute approximate surface area is 83.3 Å². The lowest BCUT2D eigenvalue weighted by Gasteiger charge is -2.21. The Morgan fingerprint density at radius 2 is 1.38 bits per heavy atom. The summed E-state index contributed by atoms with van der Waals surface area (Å²) in [6.45, 7) is 13.1. The third-order valence-corrected chi connectivity index (χ3v) is 2.00. The molecular formula is C11H26N2. The van der Waals surface area contributed by atoms with Crippen molar-refractivity contribution in [1.82, 2.24) is 5.32 Å². The van der Waals surface area contributed by atoms with Gasteiger partial charge in [-0.3, -0.25) is 0 Å². The molecule has 3 N–H and O–H groups in total. The Kier molecular flexibility index (Phi) is 4.93. The van der Waals surface area contributed by atoms with Crippen LogP contribution in [0, 0.1) is 5.41 Å². The van der Waals surface area contributed by atoms with Crippen molar-refractivity contribution in [3.63, 3.8) is 0 Å². The second-order valence-corrected chi connectivity index (χ2v) is 5.80. The predicted molar refractivity (Wildman–Crippen MR) is 59.8 cm³/mol. The van der Waals surface area contributed by atoms with E-state index in [2.05, 4.69) is 39.9 Å². The molecule has 0 amide bonds. The highest BCUT2D eigenvalue weighted by atomic mass is 14.9. The molecule has 0 aliphatic heterocycles. The summed E-state index contributed by atoms with van der Waals surface area (Å²) in [6, 6.07) is 0. The van der Waals surface area contributed by atoms with Crippen LogP contribution in [0.3, 0.4) is 0 Å². The summed E-state index contributed by atoms with van der Waals surface area (Å²) in [5.74, 6) is 0. The molecule has 0 rings (SSSR count). The van der Waals surface area contributed by atoms with Gasteiger partial charge in [0.2, 0.25) is 0 Å². The summed E-state index contributed by atoms with van der Waals surface area (Å²) in [5, 5.41) is 3.42. The molecule has 0 radical (unpaired) electrons. The summed E-state index contributed by atoms with van der Waals surface area (Å²) >= 11 is 0. The Hall–Kier alpha value is -0.0800. The van der Waals surface area contributed by atoms with Crippen molar-refractivity contribution in [3.05, 3.63) is 0 Å². The first-order valence-electron chi connectivity index (χ1n) is 5.20. The second kappa shape index (κ2) is 4.97. The van der Waals surface area contributed by atoms with Crippen molar-refractivity contribution in [3.8, 4) is 0 Å². The lowest BCUT2D eigenvalue weighted by Crippen LogP contribution is -2.36. The highest BCUT2D eigenvalue weighted by molar-refractivity contribution is 4.72. The van der Waals surface area contributed by atoms with Crippen LogP contribution in [-0.4, -0.2) is 18.6 Å². The SMILES string of the molecule is CC(C)(C)CCNCCC(C)(C)N. The summed E-state index contributed by atoms with van der Waals surface area (Å²) < 4.78 is 0. The average Bonchev–Trinajstić information content (AvgIpc) is 1.81. The zero-order chi connectivity index (χ0) is 10.5. The van der Waals surface area contributed by atoms with E-state index in [-0.39, 0.29) is 5.54 Å². The van der Waals surface area contributed by atoms with E-state index in [4.69, 9.17) is 5.73 Å². The van der Waals surface area contributed by atoms with Crippen molar-refractivity contribution in [2.24, 2.45) is 11.1 Å². The third kappa shape index (κ3) is 11.9. The third-order valence-electron chi connectivity index (χ3n) is 2.00. The topological polar surface area (TPSA) is 38.0 Å². The maximum absolute atomic E-state index is 5.86. The van der Waals surface area contributed by atoms with Crippen LogP contribution in [0.5, 0.6) is 0 Å². The molecule has 0 atom stereocenters. The largest absolute Gasteiger partial charge is 0.326 e. The van der Waals surface area contributed by atoms with Crippen LogP contribution in [0.1, 0.15) is 47.5 Å². The van der Waals surface area contributed by atoms with E-state index in [0.29, 0.717) is 5.41 Å². The van der Waals surface area contributed by atoms with E-state index >= 15 is 0 Å². The van der Waals surface area contributed by atoms with Crippen molar-refractivity contribution in [2.75, 3.05) is 13.1 Å². The minimum Gasteiger partial charge on any atom is -0.326 e. The fourth-order valence-corrected chi connectivity index (χ4v) is 0.999. The normalized spacial score (nSPS) is 13.4. The summed E-state index contributed by atoms with van der Waals surface area (Å²) in [5.41, 5.74) is 6.27. The zero-order valence-corrected chi connectivity index (χ0v) is 9.91. The van der Waals surface area contributed by atoms with E-state index in [9.17, 15) is 0 Å². The van der Waals surface area contributed by atoms with E-state index in [1.165, 1.54) is 6.42 Å². The Morgan fingerprint density at radius 1 is 0.923 bits per heavy atom. The molecule has 0 saturated carbocycles. The Bertz CT molecular complexity index is 112. The fraction of sp³-hybridized carbons (Fsp3) is 1.00. The minimum absolute atomic E-state index is 0.0330. The lowest BCUT2D eigenvalue weighted by molar-refractivity contribution is 0.360. The first-order chi connectivity index (χ1) is 5.71. The monoisotopic (exact) mass is 186 g/mol. The van der Waals surface area contributed by atoms with Gasteiger partial charge in [0.25, 0.3) is 0 Å². The van der Waals surface area contributed by atoms with E-state index in [1.54, 1.807) is 0 Å². The van der Waals surface area contributed by atoms with Crippen LogP contribution < -0.4 is 11.1 Å². The van der Waals surface area contributed by atoms with E-state index < -0.39 is 0 Å². The Balaban J connectivity index is 3.28. The Morgan fingerprint density at radius 3 is 1.77 bits per heavy atom. The number of hydrogen-bond donors (Lipinski definition) is 2. The summed E-state index contributed by atoms with van der Waals surface area (Å²) in [7, 11) is 0. The van der Waals surface area contributed by atoms with Gasteiger partial charge in [-0.15, -0.1) is 0 Å². The van der Waals surface area contributed by atoms with Gasteiger partial charge >= 0.3 is 0 Å². The smallest absolute Gasteiger partial charge is 0.0109 e. The minimum atomic E-state index is -0.0330. The molecule has 0 spiro atoms. The standard InChI is InChI=1S/C11H26N2/c1-10(2,3)6-8-13-9-7-11(4,5)12/h13H,6-9,12H2,1-5H3. The second-order valence-electron chi connectivity index (χ2n) is 5.80. The molecule has 0 saturated heterocycles. The molecule has 0 aliphatic rings. The first-order valence-corrected chi connectivity index (χ1v) is 5.20. The maximum Gasteiger partial charge on any atom is 0.0109 e. The molecule has 80 valence electrons. The van der Waals surface area contributed by atoms with Gasteiger partial charge < -0.3 is 11.1 Å². The zero-order valence-electron chi connectivity index (χ0n) is 9.91. The van der Waals surface area contributed by atoms with Crippen LogP contribution in [0.15, 0.2) is 0 Å². The first kappa shape index (κ1) is 12.9. The summed E-state index contributed by atoms with van der Waals surface area (Å²) in [4.78, 5) is 0. The van der Waals surface area contributed by atoms with Gasteiger partial charge in [-0.05, 0) is 45.2 Å². The molecular weight excluding hydrogens is 160 g/mol. The van der Waals surface area contributed by atoms with E-state index in [1.807, 2.05) is 0 Å². The van der Waals surface area contributed by atoms with Crippen molar-refractivity contribution < 1.29 is 0 Å². The lowest BCUT2D eigenvalue weighted by atomic mass is 9.92. The van der Waals surface area contributed by atoms with Gasteiger partial charge in [-0.25, -0.2) is 0 Å². The van der Waals surface area contributed by atoms with Gasteiger partial charge in [-0.2, -0.15) is 0 Å². The molecule has 2 nitrogen and oxygen atoms in total. The molecule has 0 fully saturated rings. The molecule has 13 heavy (non-hydrogen) atoms. The predicted octanol–water partition coefficient (Wildman–Crippen LogP) is 2.14. The molecule has 2 heteroatoms. The van der Waals surface area contributed by atoms with Crippen LogP contribution >= 0.6 is 0 Å². The molecule has 0 bridgehead atoms. The highest BCUT2D eigenvalue weighted by Gasteiger charge is 2.11. The van der Waals surface area contributed by atoms with Crippen LogP contribution in [0.25, 0.3) is 0 Å². The summed E-state index contributed by atoms with van der Waals surface area (Å²) in [6.07, 6.45) is 2.26.